The minimum absolute atomic E-state index is 0.232. The van der Waals surface area contributed by atoms with Gasteiger partial charge in [0.15, 0.2) is 0 Å². The van der Waals surface area contributed by atoms with E-state index in [0.29, 0.717) is 0 Å². The molecule has 96 valence electrons. The summed E-state index contributed by atoms with van der Waals surface area (Å²) in [5, 5.41) is 0. The van der Waals surface area contributed by atoms with Gasteiger partial charge in [0.25, 0.3) is 0 Å². The van der Waals surface area contributed by atoms with Crippen molar-refractivity contribution in [3.05, 3.63) is 35.4 Å². The van der Waals surface area contributed by atoms with Gasteiger partial charge in [0.1, 0.15) is 0 Å². The van der Waals surface area contributed by atoms with Crippen molar-refractivity contribution in [3.63, 3.8) is 0 Å². The SMILES string of the molecule is CC(C)(C)c1ccc(C(C)(C)CCCN)cc1. The lowest BCUT2D eigenvalue weighted by molar-refractivity contribution is 0.464. The average molecular weight is 233 g/mol. The normalized spacial score (nSPS) is 12.8. The minimum atomic E-state index is 0.232. The lowest BCUT2D eigenvalue weighted by atomic mass is 9.78. The topological polar surface area (TPSA) is 26.0 Å². The second-order valence-electron chi connectivity index (χ2n) is 6.60. The van der Waals surface area contributed by atoms with E-state index in [1.807, 2.05) is 0 Å². The van der Waals surface area contributed by atoms with Crippen molar-refractivity contribution in [3.8, 4) is 0 Å². The summed E-state index contributed by atoms with van der Waals surface area (Å²) in [6, 6.07) is 9.08. The lowest BCUT2D eigenvalue weighted by Gasteiger charge is -2.27. The lowest BCUT2D eigenvalue weighted by Crippen LogP contribution is -2.19. The molecule has 0 atom stereocenters. The van der Waals surface area contributed by atoms with Gasteiger partial charge in [-0.25, -0.2) is 0 Å². The van der Waals surface area contributed by atoms with Crippen LogP contribution >= 0.6 is 0 Å². The Morgan fingerprint density at radius 3 is 1.76 bits per heavy atom. The highest BCUT2D eigenvalue weighted by Crippen LogP contribution is 2.30. The molecular weight excluding hydrogens is 206 g/mol. The molecule has 0 amide bonds. The number of rotatable bonds is 4. The summed E-state index contributed by atoms with van der Waals surface area (Å²) in [6.45, 7) is 12.1. The van der Waals surface area contributed by atoms with Gasteiger partial charge in [-0.15, -0.1) is 0 Å². The summed E-state index contributed by atoms with van der Waals surface area (Å²) in [7, 11) is 0. The van der Waals surface area contributed by atoms with Crippen LogP contribution in [0.4, 0.5) is 0 Å². The van der Waals surface area contributed by atoms with Crippen LogP contribution < -0.4 is 5.73 Å². The fourth-order valence-electron chi connectivity index (χ4n) is 2.11. The number of hydrogen-bond acceptors (Lipinski definition) is 1. The smallest absolute Gasteiger partial charge is 0.00770 e. The Morgan fingerprint density at radius 1 is 0.882 bits per heavy atom. The molecule has 0 radical (unpaired) electrons. The van der Waals surface area contributed by atoms with Crippen LogP contribution in [-0.4, -0.2) is 6.54 Å². The predicted molar refractivity (Wildman–Crippen MR) is 76.5 cm³/mol. The molecule has 0 spiro atoms. The summed E-state index contributed by atoms with van der Waals surface area (Å²) in [4.78, 5) is 0. The zero-order chi connectivity index (χ0) is 13.1. The Bertz CT molecular complexity index is 341. The first-order valence-electron chi connectivity index (χ1n) is 6.58. The first kappa shape index (κ1) is 14.2. The molecule has 1 rings (SSSR count). The zero-order valence-electron chi connectivity index (χ0n) is 12.0. The van der Waals surface area contributed by atoms with Crippen molar-refractivity contribution >= 4 is 0 Å². The third kappa shape index (κ3) is 3.85. The summed E-state index contributed by atoms with van der Waals surface area (Å²) < 4.78 is 0. The van der Waals surface area contributed by atoms with Gasteiger partial charge in [0.2, 0.25) is 0 Å². The Hall–Kier alpha value is -0.820. The summed E-state index contributed by atoms with van der Waals surface area (Å²) in [6.07, 6.45) is 2.24. The molecule has 0 heterocycles. The van der Waals surface area contributed by atoms with Gasteiger partial charge in [-0.05, 0) is 41.3 Å². The predicted octanol–water partition coefficient (Wildman–Crippen LogP) is 4.00. The Morgan fingerprint density at radius 2 is 1.35 bits per heavy atom. The van der Waals surface area contributed by atoms with Crippen LogP contribution in [0.25, 0.3) is 0 Å². The van der Waals surface area contributed by atoms with Gasteiger partial charge in [0, 0.05) is 0 Å². The monoisotopic (exact) mass is 233 g/mol. The van der Waals surface area contributed by atoms with Gasteiger partial charge < -0.3 is 5.73 Å². The van der Waals surface area contributed by atoms with Crippen molar-refractivity contribution < 1.29 is 0 Å². The molecule has 0 saturated carbocycles. The van der Waals surface area contributed by atoms with E-state index in [4.69, 9.17) is 5.73 Å². The highest BCUT2D eigenvalue weighted by atomic mass is 14.5. The summed E-state index contributed by atoms with van der Waals surface area (Å²) in [5.74, 6) is 0. The molecule has 0 aliphatic rings. The third-order valence-electron chi connectivity index (χ3n) is 3.54. The Labute approximate surface area is 106 Å². The molecule has 1 aromatic carbocycles. The number of nitrogens with two attached hydrogens (primary N) is 1. The van der Waals surface area contributed by atoms with Crippen LogP contribution in [0, 0.1) is 0 Å². The van der Waals surface area contributed by atoms with Gasteiger partial charge in [-0.3, -0.25) is 0 Å². The maximum absolute atomic E-state index is 5.59. The van der Waals surface area contributed by atoms with E-state index in [9.17, 15) is 0 Å². The number of benzene rings is 1. The number of hydrogen-bond donors (Lipinski definition) is 1. The molecule has 0 saturated heterocycles. The summed E-state index contributed by atoms with van der Waals surface area (Å²) >= 11 is 0. The van der Waals surface area contributed by atoms with Crippen molar-refractivity contribution in [1.82, 2.24) is 0 Å². The van der Waals surface area contributed by atoms with Crippen LogP contribution in [0.2, 0.25) is 0 Å². The quantitative estimate of drug-likeness (QED) is 0.835. The minimum Gasteiger partial charge on any atom is -0.330 e. The van der Waals surface area contributed by atoms with Gasteiger partial charge in [-0.1, -0.05) is 58.9 Å². The highest BCUT2D eigenvalue weighted by molar-refractivity contribution is 5.31. The van der Waals surface area contributed by atoms with Crippen molar-refractivity contribution in [2.45, 2.75) is 58.3 Å². The molecule has 0 aliphatic carbocycles. The maximum Gasteiger partial charge on any atom is -0.00770 e. The van der Waals surface area contributed by atoms with Crippen LogP contribution in [0.1, 0.15) is 58.6 Å². The largest absolute Gasteiger partial charge is 0.330 e. The molecule has 0 aliphatic heterocycles. The molecule has 0 bridgehead atoms. The third-order valence-corrected chi connectivity index (χ3v) is 3.54. The van der Waals surface area contributed by atoms with E-state index in [2.05, 4.69) is 58.9 Å². The van der Waals surface area contributed by atoms with E-state index in [0.717, 1.165) is 19.4 Å². The Balaban J connectivity index is 2.87. The molecule has 0 unspecified atom stereocenters. The molecule has 17 heavy (non-hydrogen) atoms. The first-order chi connectivity index (χ1) is 7.77. The summed E-state index contributed by atoms with van der Waals surface area (Å²) in [5.41, 5.74) is 8.88. The van der Waals surface area contributed by atoms with Crippen molar-refractivity contribution in [2.75, 3.05) is 6.54 Å². The van der Waals surface area contributed by atoms with Crippen molar-refractivity contribution in [1.29, 1.82) is 0 Å². The van der Waals surface area contributed by atoms with E-state index >= 15 is 0 Å². The molecular formula is C16H27N. The second-order valence-corrected chi connectivity index (χ2v) is 6.60. The highest BCUT2D eigenvalue weighted by Gasteiger charge is 2.21. The van der Waals surface area contributed by atoms with Gasteiger partial charge in [0.05, 0.1) is 0 Å². The fraction of sp³-hybridized carbons (Fsp3) is 0.625. The zero-order valence-corrected chi connectivity index (χ0v) is 12.0. The van der Waals surface area contributed by atoms with Gasteiger partial charge in [-0.2, -0.15) is 0 Å². The van der Waals surface area contributed by atoms with Gasteiger partial charge >= 0.3 is 0 Å². The van der Waals surface area contributed by atoms with Crippen LogP contribution in [-0.2, 0) is 10.8 Å². The standard InChI is InChI=1S/C16H27N/c1-15(2,3)13-7-9-14(10-8-13)16(4,5)11-6-12-17/h7-10H,6,11-12,17H2,1-5H3. The fourth-order valence-corrected chi connectivity index (χ4v) is 2.11. The van der Waals surface area contributed by atoms with Crippen LogP contribution in [0.15, 0.2) is 24.3 Å². The Kier molecular flexibility index (Phi) is 4.37. The first-order valence-corrected chi connectivity index (χ1v) is 6.58. The van der Waals surface area contributed by atoms with Crippen molar-refractivity contribution in [2.24, 2.45) is 5.73 Å². The molecule has 1 heteroatoms. The van der Waals surface area contributed by atoms with E-state index in [-0.39, 0.29) is 10.8 Å². The van der Waals surface area contributed by atoms with E-state index < -0.39 is 0 Å². The second kappa shape index (κ2) is 5.22. The van der Waals surface area contributed by atoms with Crippen LogP contribution in [0.5, 0.6) is 0 Å². The van der Waals surface area contributed by atoms with Crippen LogP contribution in [0.3, 0.4) is 0 Å². The maximum atomic E-state index is 5.59. The molecule has 1 nitrogen and oxygen atoms in total. The molecule has 0 fully saturated rings. The average Bonchev–Trinajstić information content (AvgIpc) is 2.25. The molecule has 0 aromatic heterocycles. The molecule has 2 N–H and O–H groups in total. The van der Waals surface area contributed by atoms with E-state index in [1.54, 1.807) is 0 Å². The van der Waals surface area contributed by atoms with E-state index in [1.165, 1.54) is 11.1 Å². The molecule has 1 aromatic rings.